The van der Waals surface area contributed by atoms with E-state index in [1.165, 1.54) is 0 Å². The van der Waals surface area contributed by atoms with Crippen LogP contribution in [0.15, 0.2) is 33.2 Å². The second kappa shape index (κ2) is 8.13. The summed E-state index contributed by atoms with van der Waals surface area (Å²) >= 11 is 26.0. The van der Waals surface area contributed by atoms with Crippen molar-refractivity contribution >= 4 is 92.7 Å². The van der Waals surface area contributed by atoms with Gasteiger partial charge in [0, 0.05) is 40.8 Å². The first-order valence-electron chi connectivity index (χ1n) is 6.01. The molecular weight excluding hydrogens is 587 g/mol. The maximum atomic E-state index is 13.0. The molecule has 7 heteroatoms. The van der Waals surface area contributed by atoms with E-state index in [9.17, 15) is 4.79 Å². The monoisotopic (exact) mass is 590 g/mol. The van der Waals surface area contributed by atoms with Gasteiger partial charge in [0.1, 0.15) is 0 Å². The molecule has 116 valence electrons. The Morgan fingerprint density at radius 3 is 1.50 bits per heavy atom. The summed E-state index contributed by atoms with van der Waals surface area (Å²) in [7, 11) is 0. The van der Waals surface area contributed by atoms with Crippen LogP contribution in [0.25, 0.3) is 0 Å². The second-order valence-electron chi connectivity index (χ2n) is 4.42. The summed E-state index contributed by atoms with van der Waals surface area (Å²) < 4.78 is 1.51. The Morgan fingerprint density at radius 1 is 0.818 bits per heavy atom. The Hall–Kier alpha value is 0.610. The van der Waals surface area contributed by atoms with E-state index in [4.69, 9.17) is 23.2 Å². The quantitative estimate of drug-likeness (QED) is 0.264. The van der Waals surface area contributed by atoms with Crippen LogP contribution < -0.4 is 0 Å². The SMILES string of the molecule is O=C(c1cc(Br)cc(Cl)c1CBr)c1cc(Br)cc(Cl)c1CBr. The van der Waals surface area contributed by atoms with Crippen LogP contribution in [0, 0.1) is 0 Å². The minimum absolute atomic E-state index is 0.115. The van der Waals surface area contributed by atoms with E-state index in [0.29, 0.717) is 31.8 Å². The Bertz CT molecular complexity index is 685. The van der Waals surface area contributed by atoms with Crippen LogP contribution in [0.5, 0.6) is 0 Å². The lowest BCUT2D eigenvalue weighted by atomic mass is 9.96. The summed E-state index contributed by atoms with van der Waals surface area (Å²) in [5, 5.41) is 2.06. The number of alkyl halides is 2. The van der Waals surface area contributed by atoms with Crippen LogP contribution in [0.2, 0.25) is 10.0 Å². The molecule has 0 radical (unpaired) electrons. The summed E-state index contributed by atoms with van der Waals surface area (Å²) in [5.74, 6) is -0.115. The molecule has 2 rings (SSSR count). The fraction of sp³-hybridized carbons (Fsp3) is 0.133. The lowest BCUT2D eigenvalue weighted by molar-refractivity contribution is 0.103. The number of carbonyl (C=O) groups excluding carboxylic acids is 1. The molecule has 0 amide bonds. The van der Waals surface area contributed by atoms with E-state index in [1.807, 2.05) is 0 Å². The van der Waals surface area contributed by atoms with Crippen molar-refractivity contribution in [3.05, 3.63) is 65.5 Å². The number of benzene rings is 2. The van der Waals surface area contributed by atoms with Gasteiger partial charge in [-0.1, -0.05) is 86.9 Å². The van der Waals surface area contributed by atoms with Gasteiger partial charge in [-0.3, -0.25) is 4.79 Å². The molecule has 0 aliphatic rings. The maximum Gasteiger partial charge on any atom is 0.193 e. The van der Waals surface area contributed by atoms with Crippen LogP contribution in [-0.2, 0) is 10.7 Å². The van der Waals surface area contributed by atoms with Gasteiger partial charge in [-0.15, -0.1) is 0 Å². The van der Waals surface area contributed by atoms with E-state index in [1.54, 1.807) is 24.3 Å². The zero-order chi connectivity index (χ0) is 16.4. The Kier molecular flexibility index (Phi) is 7.00. The third-order valence-corrected chi connectivity index (χ3v) is 5.79. The molecule has 0 atom stereocenters. The highest BCUT2D eigenvalue weighted by molar-refractivity contribution is 9.10. The maximum absolute atomic E-state index is 13.0. The Labute approximate surface area is 172 Å². The van der Waals surface area contributed by atoms with Gasteiger partial charge in [-0.25, -0.2) is 0 Å². The molecule has 0 aromatic heterocycles. The number of ketones is 1. The van der Waals surface area contributed by atoms with Gasteiger partial charge in [0.2, 0.25) is 0 Å². The number of hydrogen-bond acceptors (Lipinski definition) is 1. The first-order chi connectivity index (χ1) is 10.4. The number of hydrogen-bond donors (Lipinski definition) is 0. The first kappa shape index (κ1) is 18.9. The van der Waals surface area contributed by atoms with Gasteiger partial charge in [0.05, 0.1) is 0 Å². The smallest absolute Gasteiger partial charge is 0.193 e. The molecule has 0 aliphatic heterocycles. The van der Waals surface area contributed by atoms with E-state index in [0.717, 1.165) is 20.1 Å². The van der Waals surface area contributed by atoms with Gasteiger partial charge in [0.15, 0.2) is 5.78 Å². The van der Waals surface area contributed by atoms with Crippen molar-refractivity contribution in [1.29, 1.82) is 0 Å². The zero-order valence-corrected chi connectivity index (χ0v) is 18.8. The average Bonchev–Trinajstić information content (AvgIpc) is 2.45. The van der Waals surface area contributed by atoms with E-state index < -0.39 is 0 Å². The number of carbonyl (C=O) groups is 1. The standard InChI is InChI=1S/C15H8Br4Cl2O/c16-5-11-9(1-7(18)3-13(11)20)15(22)10-2-8(19)4-14(21)12(10)6-17/h1-4H,5-6H2. The van der Waals surface area contributed by atoms with Crippen molar-refractivity contribution in [2.24, 2.45) is 0 Å². The van der Waals surface area contributed by atoms with Gasteiger partial charge < -0.3 is 0 Å². The highest BCUT2D eigenvalue weighted by atomic mass is 79.9. The first-order valence-corrected chi connectivity index (χ1v) is 10.6. The topological polar surface area (TPSA) is 17.1 Å². The largest absolute Gasteiger partial charge is 0.289 e. The van der Waals surface area contributed by atoms with Crippen molar-refractivity contribution in [3.63, 3.8) is 0 Å². The van der Waals surface area contributed by atoms with Crippen LogP contribution in [0.4, 0.5) is 0 Å². The van der Waals surface area contributed by atoms with Gasteiger partial charge in [-0.2, -0.15) is 0 Å². The fourth-order valence-electron chi connectivity index (χ4n) is 2.03. The predicted molar refractivity (Wildman–Crippen MR) is 107 cm³/mol. The molecule has 0 heterocycles. The van der Waals surface area contributed by atoms with Crippen molar-refractivity contribution in [3.8, 4) is 0 Å². The number of rotatable bonds is 4. The zero-order valence-electron chi connectivity index (χ0n) is 10.9. The molecule has 0 unspecified atom stereocenters. The molecule has 22 heavy (non-hydrogen) atoms. The van der Waals surface area contributed by atoms with Crippen molar-refractivity contribution < 1.29 is 4.79 Å². The molecule has 0 saturated heterocycles. The molecule has 0 saturated carbocycles. The molecule has 0 N–H and O–H groups in total. The van der Waals surface area contributed by atoms with Crippen LogP contribution >= 0.6 is 86.9 Å². The van der Waals surface area contributed by atoms with Gasteiger partial charge >= 0.3 is 0 Å². The highest BCUT2D eigenvalue weighted by Gasteiger charge is 2.21. The minimum Gasteiger partial charge on any atom is -0.289 e. The minimum atomic E-state index is -0.115. The lowest BCUT2D eigenvalue weighted by Gasteiger charge is -2.13. The van der Waals surface area contributed by atoms with Crippen LogP contribution in [0.1, 0.15) is 27.0 Å². The summed E-state index contributed by atoms with van der Waals surface area (Å²) in [5.41, 5.74) is 2.61. The molecule has 0 spiro atoms. The third-order valence-electron chi connectivity index (χ3n) is 3.08. The summed E-state index contributed by atoms with van der Waals surface area (Å²) in [6, 6.07) is 7.09. The predicted octanol–water partition coefficient (Wildman–Crippen LogP) is 7.54. The molecule has 0 aliphatic carbocycles. The molecule has 2 aromatic rings. The van der Waals surface area contributed by atoms with E-state index >= 15 is 0 Å². The van der Waals surface area contributed by atoms with Gasteiger partial charge in [-0.05, 0) is 35.4 Å². The van der Waals surface area contributed by atoms with Crippen LogP contribution in [0.3, 0.4) is 0 Å². The summed E-state index contributed by atoms with van der Waals surface area (Å²) in [4.78, 5) is 13.0. The highest BCUT2D eigenvalue weighted by Crippen LogP contribution is 2.33. The van der Waals surface area contributed by atoms with Crippen molar-refractivity contribution in [1.82, 2.24) is 0 Å². The van der Waals surface area contributed by atoms with E-state index in [-0.39, 0.29) is 5.78 Å². The molecule has 1 nitrogen and oxygen atoms in total. The molecular formula is C15H8Br4Cl2O. The van der Waals surface area contributed by atoms with Crippen molar-refractivity contribution in [2.45, 2.75) is 10.7 Å². The van der Waals surface area contributed by atoms with Crippen LogP contribution in [-0.4, -0.2) is 5.78 Å². The normalized spacial score (nSPS) is 10.8. The van der Waals surface area contributed by atoms with Crippen molar-refractivity contribution in [2.75, 3.05) is 0 Å². The fourth-order valence-corrected chi connectivity index (χ4v) is 5.31. The molecule has 0 fully saturated rings. The Morgan fingerprint density at radius 2 is 1.18 bits per heavy atom. The second-order valence-corrected chi connectivity index (χ2v) is 8.19. The van der Waals surface area contributed by atoms with E-state index in [2.05, 4.69) is 63.7 Å². The number of halogens is 6. The van der Waals surface area contributed by atoms with Gasteiger partial charge in [0.25, 0.3) is 0 Å². The average molecular weight is 595 g/mol. The Balaban J connectivity index is 2.68. The third kappa shape index (κ3) is 3.98. The lowest BCUT2D eigenvalue weighted by Crippen LogP contribution is -2.09. The summed E-state index contributed by atoms with van der Waals surface area (Å²) in [6.07, 6.45) is 0. The molecule has 2 aromatic carbocycles. The summed E-state index contributed by atoms with van der Waals surface area (Å²) in [6.45, 7) is 0. The molecule has 0 bridgehead atoms.